The number of nitrogens with one attached hydrogen (secondary N) is 2. The van der Waals surface area contributed by atoms with E-state index in [1.54, 1.807) is 18.2 Å². The first-order chi connectivity index (χ1) is 11.5. The van der Waals surface area contributed by atoms with Crippen LogP contribution < -0.4 is 15.4 Å². The summed E-state index contributed by atoms with van der Waals surface area (Å²) in [7, 11) is 0. The third-order valence-electron chi connectivity index (χ3n) is 3.35. The first-order valence-corrected chi connectivity index (χ1v) is 8.35. The van der Waals surface area contributed by atoms with Gasteiger partial charge in [0, 0.05) is 19.0 Å². The Bertz CT molecular complexity index is 567. The van der Waals surface area contributed by atoms with Crippen LogP contribution in [0.4, 0.5) is 5.69 Å². The van der Waals surface area contributed by atoms with E-state index >= 15 is 0 Å². The number of carbonyl (C=O) groups is 1. The van der Waals surface area contributed by atoms with Crippen LogP contribution in [0.25, 0.3) is 0 Å². The van der Waals surface area contributed by atoms with Crippen LogP contribution in [0.15, 0.2) is 18.2 Å². The summed E-state index contributed by atoms with van der Waals surface area (Å²) in [6.07, 6.45) is 1.46. The maximum Gasteiger partial charge on any atom is 0.224 e. The lowest BCUT2D eigenvalue weighted by molar-refractivity contribution is -0.116. The Kier molecular flexibility index (Phi) is 8.84. The number of nitriles is 1. The standard InChI is InChI=1S/C18H27N3O3/c1-4-5-9-17(23)21-16-8-6-7-14(10-19)18(16)24-12-15(22)11-20-13(2)3/h6-8,13,15,20,22H,4-5,9,11-12H2,1-3H3,(H,21,23). The fraction of sp³-hybridized carbons (Fsp3) is 0.556. The first-order valence-electron chi connectivity index (χ1n) is 8.35. The van der Waals surface area contributed by atoms with E-state index in [1.807, 2.05) is 20.8 Å². The van der Waals surface area contributed by atoms with Crippen LogP contribution in [0, 0.1) is 11.3 Å². The molecule has 1 aromatic carbocycles. The van der Waals surface area contributed by atoms with Crippen molar-refractivity contribution >= 4 is 11.6 Å². The number of aliphatic hydroxyl groups is 1. The number of hydrogen-bond donors (Lipinski definition) is 3. The summed E-state index contributed by atoms with van der Waals surface area (Å²) < 4.78 is 5.63. The molecule has 6 nitrogen and oxygen atoms in total. The summed E-state index contributed by atoms with van der Waals surface area (Å²) in [5, 5.41) is 25.1. The summed E-state index contributed by atoms with van der Waals surface area (Å²) in [6.45, 7) is 6.43. The second-order valence-electron chi connectivity index (χ2n) is 5.97. The average molecular weight is 333 g/mol. The van der Waals surface area contributed by atoms with E-state index in [-0.39, 0.29) is 18.6 Å². The van der Waals surface area contributed by atoms with E-state index < -0.39 is 6.10 Å². The molecule has 0 aliphatic heterocycles. The molecule has 1 rings (SSSR count). The van der Waals surface area contributed by atoms with Crippen molar-refractivity contribution in [2.24, 2.45) is 0 Å². The Hall–Kier alpha value is -2.10. The van der Waals surface area contributed by atoms with E-state index in [9.17, 15) is 15.2 Å². The van der Waals surface area contributed by atoms with E-state index in [0.717, 1.165) is 12.8 Å². The number of ether oxygens (including phenoxy) is 1. The van der Waals surface area contributed by atoms with Gasteiger partial charge in [0.15, 0.2) is 5.75 Å². The molecule has 0 spiro atoms. The van der Waals surface area contributed by atoms with Gasteiger partial charge in [-0.3, -0.25) is 4.79 Å². The number of anilines is 1. The van der Waals surface area contributed by atoms with Crippen LogP contribution in [0.1, 0.15) is 45.6 Å². The summed E-state index contributed by atoms with van der Waals surface area (Å²) >= 11 is 0. The third-order valence-corrected chi connectivity index (χ3v) is 3.35. The molecule has 0 heterocycles. The van der Waals surface area contributed by atoms with Gasteiger partial charge in [-0.25, -0.2) is 0 Å². The van der Waals surface area contributed by atoms with Gasteiger partial charge in [0.2, 0.25) is 5.91 Å². The number of unbranched alkanes of at least 4 members (excludes halogenated alkanes) is 1. The molecule has 0 bridgehead atoms. The fourth-order valence-corrected chi connectivity index (χ4v) is 2.04. The summed E-state index contributed by atoms with van der Waals surface area (Å²) in [5.41, 5.74) is 0.784. The molecule has 0 fully saturated rings. The zero-order chi connectivity index (χ0) is 17.9. The van der Waals surface area contributed by atoms with Crippen LogP contribution in [-0.4, -0.2) is 36.3 Å². The lowest BCUT2D eigenvalue weighted by Crippen LogP contribution is -2.35. The van der Waals surface area contributed by atoms with Crippen molar-refractivity contribution in [2.75, 3.05) is 18.5 Å². The molecule has 132 valence electrons. The van der Waals surface area contributed by atoms with Gasteiger partial charge in [-0.1, -0.05) is 33.3 Å². The van der Waals surface area contributed by atoms with E-state index in [1.165, 1.54) is 0 Å². The maximum atomic E-state index is 11.9. The largest absolute Gasteiger partial charge is 0.487 e. The molecule has 24 heavy (non-hydrogen) atoms. The molecule has 1 unspecified atom stereocenters. The number of rotatable bonds is 10. The van der Waals surface area contributed by atoms with E-state index in [4.69, 9.17) is 4.74 Å². The van der Waals surface area contributed by atoms with Crippen LogP contribution in [0.2, 0.25) is 0 Å². The van der Waals surface area contributed by atoms with Crippen LogP contribution in [-0.2, 0) is 4.79 Å². The zero-order valence-corrected chi connectivity index (χ0v) is 14.6. The average Bonchev–Trinajstić information content (AvgIpc) is 2.56. The Morgan fingerprint density at radius 2 is 2.17 bits per heavy atom. The minimum atomic E-state index is -0.706. The van der Waals surface area contributed by atoms with Gasteiger partial charge in [0.05, 0.1) is 11.3 Å². The number of hydrogen-bond acceptors (Lipinski definition) is 5. The molecule has 1 aromatic rings. The smallest absolute Gasteiger partial charge is 0.224 e. The topological polar surface area (TPSA) is 94.4 Å². The Balaban J connectivity index is 2.76. The van der Waals surface area contributed by atoms with Crippen molar-refractivity contribution < 1.29 is 14.6 Å². The number of para-hydroxylation sites is 1. The second-order valence-corrected chi connectivity index (χ2v) is 5.97. The highest BCUT2D eigenvalue weighted by molar-refractivity contribution is 5.92. The number of carbonyl (C=O) groups excluding carboxylic acids is 1. The van der Waals surface area contributed by atoms with Crippen molar-refractivity contribution in [1.29, 1.82) is 5.26 Å². The number of benzene rings is 1. The summed E-state index contributed by atoms with van der Waals surface area (Å²) in [4.78, 5) is 11.9. The van der Waals surface area contributed by atoms with Crippen LogP contribution >= 0.6 is 0 Å². The van der Waals surface area contributed by atoms with Gasteiger partial charge in [0.25, 0.3) is 0 Å². The molecule has 3 N–H and O–H groups in total. The lowest BCUT2D eigenvalue weighted by atomic mass is 10.1. The molecule has 6 heteroatoms. The first kappa shape index (κ1) is 19.9. The normalized spacial score (nSPS) is 11.8. The van der Waals surface area contributed by atoms with Gasteiger partial charge < -0.3 is 20.5 Å². The highest BCUT2D eigenvalue weighted by atomic mass is 16.5. The summed E-state index contributed by atoms with van der Waals surface area (Å²) in [6, 6.07) is 7.32. The molecule has 0 aliphatic rings. The van der Waals surface area contributed by atoms with Crippen molar-refractivity contribution in [3.05, 3.63) is 23.8 Å². The Morgan fingerprint density at radius 3 is 2.79 bits per heavy atom. The van der Waals surface area contributed by atoms with Gasteiger partial charge in [-0.2, -0.15) is 5.26 Å². The SMILES string of the molecule is CCCCC(=O)Nc1cccc(C#N)c1OCC(O)CNC(C)C. The molecule has 0 saturated carbocycles. The van der Waals surface area contributed by atoms with Crippen molar-refractivity contribution in [1.82, 2.24) is 5.32 Å². The second kappa shape index (κ2) is 10.6. The fourth-order valence-electron chi connectivity index (χ4n) is 2.04. The highest BCUT2D eigenvalue weighted by Gasteiger charge is 2.14. The lowest BCUT2D eigenvalue weighted by Gasteiger charge is -2.18. The van der Waals surface area contributed by atoms with Gasteiger partial charge in [0.1, 0.15) is 18.8 Å². The molecule has 0 aliphatic carbocycles. The highest BCUT2D eigenvalue weighted by Crippen LogP contribution is 2.29. The van der Waals surface area contributed by atoms with Gasteiger partial charge in [-0.15, -0.1) is 0 Å². The third kappa shape index (κ3) is 6.99. The predicted molar refractivity (Wildman–Crippen MR) is 94.0 cm³/mol. The molecular formula is C18H27N3O3. The van der Waals surface area contributed by atoms with Crippen molar-refractivity contribution in [3.63, 3.8) is 0 Å². The van der Waals surface area contributed by atoms with E-state index in [2.05, 4.69) is 16.7 Å². The molecule has 0 radical (unpaired) electrons. The molecule has 1 atom stereocenters. The predicted octanol–water partition coefficient (Wildman–Crippen LogP) is 2.42. The Labute approximate surface area is 143 Å². The number of amides is 1. The molecular weight excluding hydrogens is 306 g/mol. The molecule has 0 aromatic heterocycles. The number of aliphatic hydroxyl groups excluding tert-OH is 1. The Morgan fingerprint density at radius 1 is 1.42 bits per heavy atom. The van der Waals surface area contributed by atoms with Gasteiger partial charge >= 0.3 is 0 Å². The van der Waals surface area contributed by atoms with Crippen LogP contribution in [0.5, 0.6) is 5.75 Å². The van der Waals surface area contributed by atoms with E-state index in [0.29, 0.717) is 30.0 Å². The zero-order valence-electron chi connectivity index (χ0n) is 14.6. The van der Waals surface area contributed by atoms with Crippen molar-refractivity contribution in [3.8, 4) is 11.8 Å². The van der Waals surface area contributed by atoms with Crippen molar-refractivity contribution in [2.45, 2.75) is 52.2 Å². The number of nitrogens with zero attached hydrogens (tertiary/aromatic N) is 1. The minimum Gasteiger partial charge on any atom is -0.487 e. The summed E-state index contributed by atoms with van der Waals surface area (Å²) in [5.74, 6) is 0.187. The molecule has 1 amide bonds. The maximum absolute atomic E-state index is 11.9. The molecule has 0 saturated heterocycles. The quantitative estimate of drug-likeness (QED) is 0.611. The minimum absolute atomic E-state index is 0.0379. The van der Waals surface area contributed by atoms with Gasteiger partial charge in [-0.05, 0) is 18.6 Å². The van der Waals surface area contributed by atoms with Crippen LogP contribution in [0.3, 0.4) is 0 Å². The monoisotopic (exact) mass is 333 g/mol.